The normalized spacial score (nSPS) is 16.3. The molecule has 1 fully saturated rings. The molecule has 2 heterocycles. The molecule has 0 amide bonds. The van der Waals surface area contributed by atoms with Gasteiger partial charge < -0.3 is 9.30 Å². The zero-order valence-corrected chi connectivity index (χ0v) is 20.3. The van der Waals surface area contributed by atoms with Crippen LogP contribution in [0, 0.1) is 18.8 Å². The van der Waals surface area contributed by atoms with E-state index in [2.05, 4.69) is 45.2 Å². The average molecular weight is 466 g/mol. The number of fused-ring (bicyclic) bond motifs is 1. The molecule has 1 aliphatic carbocycles. The molecular weight excluding hydrogens is 434 g/mol. The van der Waals surface area contributed by atoms with Gasteiger partial charge in [-0.2, -0.15) is 4.91 Å². The van der Waals surface area contributed by atoms with Gasteiger partial charge in [-0.15, -0.1) is 0 Å². The van der Waals surface area contributed by atoms with E-state index in [-0.39, 0.29) is 6.54 Å². The fraction of sp³-hybridized carbons (Fsp3) is 0.385. The topological polar surface area (TPSA) is 63.9 Å². The lowest BCUT2D eigenvalue weighted by Crippen LogP contribution is -2.32. The van der Waals surface area contributed by atoms with Crippen molar-refractivity contribution >= 4 is 11.0 Å². The van der Waals surface area contributed by atoms with Gasteiger partial charge in [0.1, 0.15) is 23.3 Å². The lowest BCUT2D eigenvalue weighted by atomic mass is 10.0. The summed E-state index contributed by atoms with van der Waals surface area (Å²) in [6.07, 6.45) is 3.68. The van der Waals surface area contributed by atoms with Crippen molar-refractivity contribution in [2.75, 3.05) is 6.54 Å². The van der Waals surface area contributed by atoms with E-state index >= 15 is 0 Å². The maximum atomic E-state index is 12.8. The monoisotopic (exact) mass is 465 g/mol. The van der Waals surface area contributed by atoms with Crippen LogP contribution >= 0.6 is 0 Å². The highest BCUT2D eigenvalue weighted by Gasteiger charge is 2.24. The van der Waals surface area contributed by atoms with Crippen LogP contribution in [0.1, 0.15) is 40.9 Å². The van der Waals surface area contributed by atoms with Crippen LogP contribution in [0.15, 0.2) is 64.7 Å². The maximum absolute atomic E-state index is 12.8. The van der Waals surface area contributed by atoms with Crippen LogP contribution in [0.3, 0.4) is 0 Å². The molecule has 1 saturated carbocycles. The van der Waals surface area contributed by atoms with Crippen molar-refractivity contribution in [3.05, 3.63) is 87.6 Å². The second-order valence-electron chi connectivity index (χ2n) is 8.68. The fourth-order valence-corrected chi connectivity index (χ4v) is 5.37. The molecule has 174 valence electrons. The van der Waals surface area contributed by atoms with Crippen molar-refractivity contribution in [1.29, 1.82) is 0 Å². The van der Waals surface area contributed by atoms with Gasteiger partial charge in [0.2, 0.25) is 0 Å². The van der Waals surface area contributed by atoms with Crippen molar-refractivity contribution in [1.82, 2.24) is 8.87 Å². The Balaban J connectivity index is 0.000000172. The van der Waals surface area contributed by atoms with E-state index in [4.69, 9.17) is 4.74 Å². The summed E-state index contributed by atoms with van der Waals surface area (Å²) in [7, 11) is 0.959. The SMILES string of the molecule is Cc1cc(S(=O)N2CCc3ccccc3C2)c(C)n1C.O=NCc1cccc(OC2CC2)c1. The number of aromatic nitrogens is 1. The molecule has 1 atom stereocenters. The number of hydrogen-bond acceptors (Lipinski definition) is 4. The number of aryl methyl sites for hydroxylation is 1. The molecule has 2 aliphatic rings. The standard InChI is InChI=1S/C16H20N2OS.C10H11NO2/c1-12-10-16(13(2)17(12)3)20(19)18-9-8-14-6-4-5-7-15(14)11-18;12-11-7-8-2-1-3-10(6-8)13-9-4-5-9/h4-7,10H,8-9,11H2,1-3H3;1-3,6,9H,4-5,7H2. The lowest BCUT2D eigenvalue weighted by Gasteiger charge is -2.27. The number of hydrogen-bond donors (Lipinski definition) is 0. The van der Waals surface area contributed by atoms with Crippen LogP contribution in [0.4, 0.5) is 0 Å². The first-order chi connectivity index (χ1) is 16.0. The summed E-state index contributed by atoms with van der Waals surface area (Å²) in [6.45, 7) is 5.95. The van der Waals surface area contributed by atoms with Gasteiger partial charge >= 0.3 is 0 Å². The Bertz CT molecular complexity index is 1150. The average Bonchev–Trinajstić information content (AvgIpc) is 3.61. The zero-order valence-electron chi connectivity index (χ0n) is 19.5. The minimum Gasteiger partial charge on any atom is -0.490 e. The third kappa shape index (κ3) is 5.78. The molecule has 1 unspecified atom stereocenters. The van der Waals surface area contributed by atoms with Gasteiger partial charge in [0.05, 0.1) is 11.0 Å². The second kappa shape index (κ2) is 10.4. The van der Waals surface area contributed by atoms with Gasteiger partial charge in [-0.05, 0) is 68.0 Å². The maximum Gasteiger partial charge on any atom is 0.129 e. The Labute approximate surface area is 198 Å². The predicted molar refractivity (Wildman–Crippen MR) is 131 cm³/mol. The van der Waals surface area contributed by atoms with E-state index in [0.717, 1.165) is 59.9 Å². The summed E-state index contributed by atoms with van der Waals surface area (Å²) in [5, 5.41) is 2.84. The van der Waals surface area contributed by atoms with Crippen molar-refractivity contribution in [3.63, 3.8) is 0 Å². The van der Waals surface area contributed by atoms with Gasteiger partial charge in [-0.1, -0.05) is 41.6 Å². The zero-order chi connectivity index (χ0) is 23.4. The third-order valence-corrected chi connectivity index (χ3v) is 7.79. The Morgan fingerprint density at radius 1 is 1.06 bits per heavy atom. The lowest BCUT2D eigenvalue weighted by molar-refractivity contribution is 0.303. The molecule has 1 aliphatic heterocycles. The van der Waals surface area contributed by atoms with Crippen molar-refractivity contribution in [2.45, 2.75) is 57.2 Å². The smallest absolute Gasteiger partial charge is 0.129 e. The van der Waals surface area contributed by atoms with E-state index in [1.54, 1.807) is 0 Å². The minimum absolute atomic E-state index is 0.224. The molecular formula is C26H31N3O3S. The van der Waals surface area contributed by atoms with E-state index in [1.165, 1.54) is 11.1 Å². The molecule has 1 aromatic heterocycles. The highest BCUT2D eigenvalue weighted by Crippen LogP contribution is 2.27. The summed E-state index contributed by atoms with van der Waals surface area (Å²) < 4.78 is 22.6. The quantitative estimate of drug-likeness (QED) is 0.469. The molecule has 0 saturated heterocycles. The molecule has 6 nitrogen and oxygen atoms in total. The van der Waals surface area contributed by atoms with Gasteiger partial charge in [-0.25, -0.2) is 8.51 Å². The van der Waals surface area contributed by atoms with E-state index in [9.17, 15) is 9.12 Å². The summed E-state index contributed by atoms with van der Waals surface area (Å²) in [5.74, 6) is 0.851. The van der Waals surface area contributed by atoms with E-state index in [0.29, 0.717) is 6.10 Å². The number of benzene rings is 2. The third-order valence-electron chi connectivity index (χ3n) is 6.22. The highest BCUT2D eigenvalue weighted by molar-refractivity contribution is 7.82. The second-order valence-corrected chi connectivity index (χ2v) is 10.1. The Hall–Kier alpha value is -2.77. The van der Waals surface area contributed by atoms with E-state index < -0.39 is 11.0 Å². The molecule has 0 N–H and O–H groups in total. The molecule has 0 radical (unpaired) electrons. The molecule has 33 heavy (non-hydrogen) atoms. The number of ether oxygens (including phenoxy) is 1. The first-order valence-corrected chi connectivity index (χ1v) is 12.5. The highest BCUT2D eigenvalue weighted by atomic mass is 32.2. The molecule has 2 aromatic carbocycles. The predicted octanol–water partition coefficient (Wildman–Crippen LogP) is 5.22. The van der Waals surface area contributed by atoms with Gasteiger partial charge in [0, 0.05) is 31.5 Å². The Kier molecular flexibility index (Phi) is 7.40. The first kappa shape index (κ1) is 23.4. The minimum atomic E-state index is -1.07. The number of nitroso groups, excluding NO2 is 1. The van der Waals surface area contributed by atoms with Crippen molar-refractivity contribution in [2.24, 2.45) is 12.2 Å². The first-order valence-electron chi connectivity index (χ1n) is 11.4. The van der Waals surface area contributed by atoms with Crippen LogP contribution in [0.25, 0.3) is 0 Å². The van der Waals surface area contributed by atoms with Gasteiger partial charge in [0.25, 0.3) is 0 Å². The number of nitrogens with zero attached hydrogens (tertiary/aromatic N) is 3. The Morgan fingerprint density at radius 3 is 2.48 bits per heavy atom. The Morgan fingerprint density at radius 2 is 1.82 bits per heavy atom. The van der Waals surface area contributed by atoms with Crippen molar-refractivity contribution in [3.8, 4) is 5.75 Å². The van der Waals surface area contributed by atoms with E-state index in [1.807, 2.05) is 44.3 Å². The van der Waals surface area contributed by atoms with Crippen LogP contribution in [0.5, 0.6) is 5.75 Å². The summed E-state index contributed by atoms with van der Waals surface area (Å²) >= 11 is 0. The molecule has 5 rings (SSSR count). The molecule has 0 bridgehead atoms. The fourth-order valence-electron chi connectivity index (χ4n) is 3.92. The largest absolute Gasteiger partial charge is 0.490 e. The van der Waals surface area contributed by atoms with Crippen LogP contribution in [-0.2, 0) is 37.5 Å². The number of rotatable bonds is 6. The van der Waals surface area contributed by atoms with Crippen LogP contribution in [0.2, 0.25) is 0 Å². The molecule has 0 spiro atoms. The van der Waals surface area contributed by atoms with Gasteiger partial charge in [0.15, 0.2) is 0 Å². The van der Waals surface area contributed by atoms with Crippen molar-refractivity contribution < 1.29 is 8.95 Å². The summed E-state index contributed by atoms with van der Waals surface area (Å²) in [5.41, 5.74) is 5.86. The summed E-state index contributed by atoms with van der Waals surface area (Å²) in [4.78, 5) is 11.0. The van der Waals surface area contributed by atoms with Gasteiger partial charge in [-0.3, -0.25) is 0 Å². The summed E-state index contributed by atoms with van der Waals surface area (Å²) in [6, 6.07) is 18.0. The van der Waals surface area contributed by atoms with Crippen LogP contribution < -0.4 is 4.74 Å². The molecule has 7 heteroatoms. The van der Waals surface area contributed by atoms with Crippen LogP contribution in [-0.4, -0.2) is 25.7 Å². The molecule has 3 aromatic rings.